The first-order valence-electron chi connectivity index (χ1n) is 6.86. The van der Waals surface area contributed by atoms with Crippen LogP contribution in [0.15, 0.2) is 30.3 Å². The van der Waals surface area contributed by atoms with Crippen LogP contribution in [0.4, 0.5) is 0 Å². The van der Waals surface area contributed by atoms with Crippen LogP contribution in [-0.2, 0) is 9.53 Å². The van der Waals surface area contributed by atoms with Crippen LogP contribution < -0.4 is 4.74 Å². The number of amides is 1. The van der Waals surface area contributed by atoms with Gasteiger partial charge in [-0.2, -0.15) is 0 Å². The van der Waals surface area contributed by atoms with Crippen molar-refractivity contribution in [2.75, 3.05) is 26.4 Å². The Labute approximate surface area is 113 Å². The summed E-state index contributed by atoms with van der Waals surface area (Å²) in [6, 6.07) is 9.48. The van der Waals surface area contributed by atoms with Crippen LogP contribution in [0, 0.1) is 0 Å². The number of rotatable bonds is 3. The maximum absolute atomic E-state index is 12.2. The standard InChI is InChI=1S/C15H19NO3/c17-14(12-19-13-4-2-1-3-5-13)16-9-6-15(16)7-10-18-11-8-15/h1-5H,6-12H2. The zero-order valence-electron chi connectivity index (χ0n) is 11.0. The molecule has 1 spiro atoms. The number of hydrogen-bond donors (Lipinski definition) is 0. The molecule has 0 unspecified atom stereocenters. The second-order valence-corrected chi connectivity index (χ2v) is 5.23. The van der Waals surface area contributed by atoms with Crippen molar-refractivity contribution < 1.29 is 14.3 Å². The number of ether oxygens (including phenoxy) is 2. The molecule has 102 valence electrons. The third-order valence-corrected chi connectivity index (χ3v) is 4.20. The van der Waals surface area contributed by atoms with E-state index in [0.29, 0.717) is 0 Å². The van der Waals surface area contributed by atoms with Gasteiger partial charge in [-0.05, 0) is 31.4 Å². The van der Waals surface area contributed by atoms with Crippen LogP contribution in [0.3, 0.4) is 0 Å². The average molecular weight is 261 g/mol. The lowest BCUT2D eigenvalue weighted by atomic mass is 9.78. The predicted molar refractivity (Wildman–Crippen MR) is 71.1 cm³/mol. The molecule has 0 aliphatic carbocycles. The molecule has 3 rings (SSSR count). The van der Waals surface area contributed by atoms with E-state index in [1.54, 1.807) is 0 Å². The monoisotopic (exact) mass is 261 g/mol. The zero-order chi connectivity index (χ0) is 13.1. The van der Waals surface area contributed by atoms with Crippen molar-refractivity contribution in [3.8, 4) is 5.75 Å². The Bertz CT molecular complexity index is 440. The van der Waals surface area contributed by atoms with Crippen molar-refractivity contribution in [3.05, 3.63) is 30.3 Å². The summed E-state index contributed by atoms with van der Waals surface area (Å²) in [7, 11) is 0. The molecule has 1 amide bonds. The third-order valence-electron chi connectivity index (χ3n) is 4.20. The molecule has 1 aromatic rings. The van der Waals surface area contributed by atoms with Crippen molar-refractivity contribution >= 4 is 5.91 Å². The van der Waals surface area contributed by atoms with Crippen LogP contribution in [0.25, 0.3) is 0 Å². The highest BCUT2D eigenvalue weighted by Crippen LogP contribution is 2.39. The lowest BCUT2D eigenvalue weighted by Crippen LogP contribution is -2.64. The Balaban J connectivity index is 1.56. The van der Waals surface area contributed by atoms with Crippen LogP contribution in [0.5, 0.6) is 5.75 Å². The first-order valence-corrected chi connectivity index (χ1v) is 6.86. The molecule has 2 fully saturated rings. The lowest BCUT2D eigenvalue weighted by Gasteiger charge is -2.54. The third kappa shape index (κ3) is 2.45. The maximum Gasteiger partial charge on any atom is 0.260 e. The number of nitrogens with zero attached hydrogens (tertiary/aromatic N) is 1. The van der Waals surface area contributed by atoms with Gasteiger partial charge in [0.15, 0.2) is 6.61 Å². The molecule has 0 radical (unpaired) electrons. The van der Waals surface area contributed by atoms with Gasteiger partial charge in [0, 0.05) is 25.3 Å². The molecular weight excluding hydrogens is 242 g/mol. The van der Waals surface area contributed by atoms with E-state index in [1.165, 1.54) is 0 Å². The number of benzene rings is 1. The number of para-hydroxylation sites is 1. The molecule has 2 heterocycles. The molecule has 0 N–H and O–H groups in total. The highest BCUT2D eigenvalue weighted by atomic mass is 16.5. The summed E-state index contributed by atoms with van der Waals surface area (Å²) in [6.45, 7) is 2.52. The second kappa shape index (κ2) is 5.21. The highest BCUT2D eigenvalue weighted by Gasteiger charge is 2.47. The summed E-state index contributed by atoms with van der Waals surface area (Å²) < 4.78 is 10.9. The van der Waals surface area contributed by atoms with Gasteiger partial charge in [-0.25, -0.2) is 0 Å². The van der Waals surface area contributed by atoms with Crippen molar-refractivity contribution in [2.24, 2.45) is 0 Å². The second-order valence-electron chi connectivity index (χ2n) is 5.23. The minimum Gasteiger partial charge on any atom is -0.484 e. The number of carbonyl (C=O) groups is 1. The summed E-state index contributed by atoms with van der Waals surface area (Å²) in [5, 5.41) is 0. The molecule has 0 atom stereocenters. The fourth-order valence-corrected chi connectivity index (χ4v) is 2.94. The van der Waals surface area contributed by atoms with Crippen molar-refractivity contribution in [2.45, 2.75) is 24.8 Å². The van der Waals surface area contributed by atoms with E-state index in [1.807, 2.05) is 35.2 Å². The highest BCUT2D eigenvalue weighted by molar-refractivity contribution is 5.79. The SMILES string of the molecule is O=C(COc1ccccc1)N1CCC12CCOCC2. The van der Waals surface area contributed by atoms with E-state index in [0.717, 1.165) is 44.8 Å². The number of likely N-dealkylation sites (tertiary alicyclic amines) is 1. The Kier molecular flexibility index (Phi) is 3.42. The molecule has 2 aliphatic rings. The Morgan fingerprint density at radius 1 is 1.21 bits per heavy atom. The summed E-state index contributed by atoms with van der Waals surface area (Å²) >= 11 is 0. The quantitative estimate of drug-likeness (QED) is 0.833. The molecular formula is C15H19NO3. The average Bonchev–Trinajstić information content (AvgIpc) is 2.46. The summed E-state index contributed by atoms with van der Waals surface area (Å²) in [4.78, 5) is 14.2. The van der Waals surface area contributed by atoms with Crippen LogP contribution in [0.2, 0.25) is 0 Å². The van der Waals surface area contributed by atoms with Gasteiger partial charge in [-0.15, -0.1) is 0 Å². The Morgan fingerprint density at radius 3 is 2.58 bits per heavy atom. The van der Waals surface area contributed by atoms with Crippen LogP contribution in [0.1, 0.15) is 19.3 Å². The zero-order valence-corrected chi connectivity index (χ0v) is 11.0. The lowest BCUT2D eigenvalue weighted by molar-refractivity contribution is -0.158. The van der Waals surface area contributed by atoms with Gasteiger partial charge in [0.05, 0.1) is 0 Å². The van der Waals surface area contributed by atoms with Crippen molar-refractivity contribution in [1.82, 2.24) is 4.90 Å². The number of hydrogen-bond acceptors (Lipinski definition) is 3. The minimum absolute atomic E-state index is 0.0649. The van der Waals surface area contributed by atoms with Gasteiger partial charge >= 0.3 is 0 Å². The van der Waals surface area contributed by atoms with E-state index in [2.05, 4.69) is 0 Å². The molecule has 1 aromatic carbocycles. The fraction of sp³-hybridized carbons (Fsp3) is 0.533. The van der Waals surface area contributed by atoms with Gasteiger partial charge in [0.1, 0.15) is 5.75 Å². The Hall–Kier alpha value is -1.55. The normalized spacial score (nSPS) is 20.9. The van der Waals surface area contributed by atoms with Crippen molar-refractivity contribution in [1.29, 1.82) is 0 Å². The van der Waals surface area contributed by atoms with Crippen LogP contribution >= 0.6 is 0 Å². The van der Waals surface area contributed by atoms with Crippen LogP contribution in [-0.4, -0.2) is 42.7 Å². The minimum atomic E-state index is 0.0649. The molecule has 4 nitrogen and oxygen atoms in total. The summed E-state index contributed by atoms with van der Waals surface area (Å²) in [5.41, 5.74) is 0.0649. The first kappa shape index (κ1) is 12.5. The van der Waals surface area contributed by atoms with E-state index in [-0.39, 0.29) is 18.1 Å². The topological polar surface area (TPSA) is 38.8 Å². The van der Waals surface area contributed by atoms with E-state index < -0.39 is 0 Å². The smallest absolute Gasteiger partial charge is 0.260 e. The van der Waals surface area contributed by atoms with Gasteiger partial charge < -0.3 is 14.4 Å². The van der Waals surface area contributed by atoms with Gasteiger partial charge in [0.25, 0.3) is 5.91 Å². The number of carbonyl (C=O) groups excluding carboxylic acids is 1. The molecule has 4 heteroatoms. The van der Waals surface area contributed by atoms with E-state index in [4.69, 9.17) is 9.47 Å². The van der Waals surface area contributed by atoms with Gasteiger partial charge in [-0.3, -0.25) is 4.79 Å². The molecule has 19 heavy (non-hydrogen) atoms. The van der Waals surface area contributed by atoms with E-state index >= 15 is 0 Å². The van der Waals surface area contributed by atoms with Gasteiger partial charge in [-0.1, -0.05) is 18.2 Å². The maximum atomic E-state index is 12.2. The summed E-state index contributed by atoms with van der Waals surface area (Å²) in [6.07, 6.45) is 3.03. The largest absolute Gasteiger partial charge is 0.484 e. The fourth-order valence-electron chi connectivity index (χ4n) is 2.94. The first-order chi connectivity index (χ1) is 9.30. The predicted octanol–water partition coefficient (Wildman–Crippen LogP) is 1.85. The molecule has 2 saturated heterocycles. The molecule has 0 aromatic heterocycles. The Morgan fingerprint density at radius 2 is 1.95 bits per heavy atom. The molecule has 0 bridgehead atoms. The summed E-state index contributed by atoms with van der Waals surface area (Å²) in [5.74, 6) is 0.842. The van der Waals surface area contributed by atoms with E-state index in [9.17, 15) is 4.79 Å². The van der Waals surface area contributed by atoms with Gasteiger partial charge in [0.2, 0.25) is 0 Å². The molecule has 2 aliphatic heterocycles. The molecule has 0 saturated carbocycles. The van der Waals surface area contributed by atoms with Crippen molar-refractivity contribution in [3.63, 3.8) is 0 Å².